The van der Waals surface area contributed by atoms with Gasteiger partial charge in [0.2, 0.25) is 18.4 Å². The highest BCUT2D eigenvalue weighted by Crippen LogP contribution is 2.57. The molecule has 0 saturated carbocycles. The first-order valence-electron chi connectivity index (χ1n) is 13.8. The number of methoxy groups -OCH3 is 3. The second kappa shape index (κ2) is 11.2. The maximum absolute atomic E-state index is 14.5. The van der Waals surface area contributed by atoms with Crippen molar-refractivity contribution in [3.63, 3.8) is 0 Å². The number of nitrogens with one attached hydrogen (secondary N) is 1. The summed E-state index contributed by atoms with van der Waals surface area (Å²) < 4.78 is 41.4. The van der Waals surface area contributed by atoms with Crippen LogP contribution in [0.3, 0.4) is 0 Å². The van der Waals surface area contributed by atoms with Crippen LogP contribution in [-0.4, -0.2) is 52.7 Å². The van der Waals surface area contributed by atoms with Gasteiger partial charge in [0.05, 0.1) is 45.6 Å². The number of anilines is 1. The molecule has 6 rings (SSSR count). The van der Waals surface area contributed by atoms with Gasteiger partial charge in [-0.05, 0) is 73.2 Å². The summed E-state index contributed by atoms with van der Waals surface area (Å²) in [7, 11) is 4.73. The molecule has 3 aliphatic rings. The summed E-state index contributed by atoms with van der Waals surface area (Å²) >= 11 is 1.58. The Balaban J connectivity index is 1.57. The fraction of sp³-hybridized carbons (Fsp3) is 0.406. The molecule has 42 heavy (non-hydrogen) atoms. The molecular weight excluding hydrogens is 558 g/mol. The first-order chi connectivity index (χ1) is 20.3. The molecule has 3 aromatic rings. The topological polar surface area (TPSA) is 93.7 Å². The van der Waals surface area contributed by atoms with Gasteiger partial charge in [0.25, 0.3) is 0 Å². The van der Waals surface area contributed by atoms with Crippen molar-refractivity contribution in [1.29, 1.82) is 0 Å². The van der Waals surface area contributed by atoms with Crippen LogP contribution < -0.4 is 29.0 Å². The number of hydrogen-bond acceptors (Lipinski definition) is 9. The van der Waals surface area contributed by atoms with Crippen LogP contribution in [0.4, 0.5) is 5.69 Å². The molecule has 0 unspecified atom stereocenters. The molecule has 1 saturated heterocycles. The second-order valence-electron chi connectivity index (χ2n) is 10.9. The molecular formula is C32H35NO8S. The van der Waals surface area contributed by atoms with Crippen LogP contribution in [0.2, 0.25) is 0 Å². The van der Waals surface area contributed by atoms with Crippen molar-refractivity contribution in [2.75, 3.05) is 46.3 Å². The minimum atomic E-state index is -0.833. The van der Waals surface area contributed by atoms with Crippen LogP contribution in [0.5, 0.6) is 28.7 Å². The van der Waals surface area contributed by atoms with E-state index < -0.39 is 23.7 Å². The summed E-state index contributed by atoms with van der Waals surface area (Å²) in [5.41, 5.74) is 3.43. The fourth-order valence-electron chi connectivity index (χ4n) is 6.30. The van der Waals surface area contributed by atoms with Gasteiger partial charge in [-0.25, -0.2) is 0 Å². The van der Waals surface area contributed by atoms with E-state index in [-0.39, 0.29) is 18.6 Å². The van der Waals surface area contributed by atoms with Gasteiger partial charge in [0.1, 0.15) is 0 Å². The minimum absolute atomic E-state index is 0.131. The van der Waals surface area contributed by atoms with Crippen LogP contribution in [0, 0.1) is 11.8 Å². The summed E-state index contributed by atoms with van der Waals surface area (Å²) in [6.45, 7) is 4.25. The molecule has 10 heteroatoms. The maximum Gasteiger partial charge on any atom is 0.231 e. The zero-order valence-corrected chi connectivity index (χ0v) is 25.3. The van der Waals surface area contributed by atoms with Crippen molar-refractivity contribution in [1.82, 2.24) is 0 Å². The number of carbonyl (C=O) groups excluding carboxylic acids is 1. The monoisotopic (exact) mass is 593 g/mol. The molecule has 1 fully saturated rings. The molecule has 2 aliphatic heterocycles. The van der Waals surface area contributed by atoms with E-state index in [1.165, 1.54) is 0 Å². The van der Waals surface area contributed by atoms with E-state index in [1.54, 1.807) is 33.1 Å². The number of ether oxygens (including phenoxy) is 7. The van der Waals surface area contributed by atoms with E-state index in [4.69, 9.17) is 33.2 Å². The van der Waals surface area contributed by atoms with Crippen molar-refractivity contribution < 1.29 is 38.0 Å². The van der Waals surface area contributed by atoms with E-state index in [9.17, 15) is 4.79 Å². The van der Waals surface area contributed by atoms with Gasteiger partial charge in [0, 0.05) is 16.7 Å². The van der Waals surface area contributed by atoms with Crippen molar-refractivity contribution in [2.24, 2.45) is 11.8 Å². The predicted octanol–water partition coefficient (Wildman–Crippen LogP) is 6.00. The molecule has 0 radical (unpaired) electrons. The lowest BCUT2D eigenvalue weighted by atomic mass is 9.64. The third-order valence-electron chi connectivity index (χ3n) is 8.18. The lowest BCUT2D eigenvalue weighted by molar-refractivity contribution is -0.303. The summed E-state index contributed by atoms with van der Waals surface area (Å²) in [5.74, 6) is 0.461. The molecule has 0 aromatic heterocycles. The molecule has 222 valence electrons. The van der Waals surface area contributed by atoms with E-state index in [2.05, 4.69) is 5.32 Å². The SMILES string of the molecule is COc1cc([C@@H]2c3cc4c(cc3[C@H]3OC(C)(C)OC[C@H]3[C@@H]2C(=O)Nc2ccccc2SC)OCO4)cc(OC)c1OC. The van der Waals surface area contributed by atoms with Crippen LogP contribution in [0.1, 0.15) is 42.6 Å². The Morgan fingerprint density at radius 2 is 1.62 bits per heavy atom. The standard InChI is InChI=1S/C32H35NO8S/c1-32(2)40-15-20-28(31(34)33-21-9-7-8-10-26(21)42-6)27(17-11-24(35-3)30(37-5)25(12-17)36-4)18-13-22-23(39-16-38-22)14-19(18)29(20)41-32/h7-14,20,27-29H,15-16H2,1-6H3,(H,33,34)/t20-,27+,28-,29+/m0/s1. The van der Waals surface area contributed by atoms with E-state index in [0.29, 0.717) is 35.4 Å². The van der Waals surface area contributed by atoms with Gasteiger partial charge in [-0.2, -0.15) is 0 Å². The molecule has 3 aromatic carbocycles. The Kier molecular flexibility index (Phi) is 7.63. The molecule has 0 bridgehead atoms. The zero-order chi connectivity index (χ0) is 29.6. The molecule has 1 N–H and O–H groups in total. The molecule has 1 amide bonds. The Bertz CT molecular complexity index is 1480. The third-order valence-corrected chi connectivity index (χ3v) is 8.97. The highest BCUT2D eigenvalue weighted by atomic mass is 32.2. The average Bonchev–Trinajstić information content (AvgIpc) is 3.46. The van der Waals surface area contributed by atoms with Gasteiger partial charge >= 0.3 is 0 Å². The third kappa shape index (κ3) is 4.91. The smallest absolute Gasteiger partial charge is 0.231 e. The number of carbonyl (C=O) groups is 1. The van der Waals surface area contributed by atoms with Crippen molar-refractivity contribution in [2.45, 2.75) is 36.6 Å². The van der Waals surface area contributed by atoms with Gasteiger partial charge in [-0.15, -0.1) is 11.8 Å². The van der Waals surface area contributed by atoms with E-state index >= 15 is 0 Å². The predicted molar refractivity (Wildman–Crippen MR) is 158 cm³/mol. The molecule has 9 nitrogen and oxygen atoms in total. The highest BCUT2D eigenvalue weighted by molar-refractivity contribution is 7.98. The first kappa shape index (κ1) is 28.5. The fourth-order valence-corrected chi connectivity index (χ4v) is 6.86. The molecule has 1 aliphatic carbocycles. The average molecular weight is 594 g/mol. The van der Waals surface area contributed by atoms with Gasteiger partial charge in [-0.1, -0.05) is 12.1 Å². The number of benzene rings is 3. The Morgan fingerprint density at radius 1 is 0.952 bits per heavy atom. The van der Waals surface area contributed by atoms with Gasteiger partial charge < -0.3 is 38.5 Å². The largest absolute Gasteiger partial charge is 0.493 e. The minimum Gasteiger partial charge on any atom is -0.493 e. The molecule has 4 atom stereocenters. The number of amides is 1. The maximum atomic E-state index is 14.5. The second-order valence-corrected chi connectivity index (χ2v) is 11.7. The Morgan fingerprint density at radius 3 is 2.26 bits per heavy atom. The number of hydrogen-bond donors (Lipinski definition) is 1. The zero-order valence-electron chi connectivity index (χ0n) is 24.5. The molecule has 2 heterocycles. The van der Waals surface area contributed by atoms with Crippen LogP contribution >= 0.6 is 11.8 Å². The Hall–Kier alpha value is -3.60. The van der Waals surface area contributed by atoms with Crippen LogP contribution in [0.15, 0.2) is 53.4 Å². The number of rotatable bonds is 7. The van der Waals surface area contributed by atoms with Crippen molar-refractivity contribution >= 4 is 23.4 Å². The summed E-state index contributed by atoms with van der Waals surface area (Å²) in [4.78, 5) is 15.5. The number of thioether (sulfide) groups is 1. The lowest BCUT2D eigenvalue weighted by Crippen LogP contribution is -2.50. The van der Waals surface area contributed by atoms with E-state index in [1.807, 2.05) is 68.6 Å². The number of para-hydroxylation sites is 1. The number of fused-ring (bicyclic) bond motifs is 4. The lowest BCUT2D eigenvalue weighted by Gasteiger charge is -2.49. The van der Waals surface area contributed by atoms with Crippen molar-refractivity contribution in [3.05, 3.63) is 65.2 Å². The Labute approximate surface area is 249 Å². The quantitative estimate of drug-likeness (QED) is 0.331. The van der Waals surface area contributed by atoms with Gasteiger partial charge in [-0.3, -0.25) is 4.79 Å². The summed E-state index contributed by atoms with van der Waals surface area (Å²) in [5, 5.41) is 3.23. The van der Waals surface area contributed by atoms with Crippen LogP contribution in [-0.2, 0) is 14.3 Å². The molecule has 0 spiro atoms. The van der Waals surface area contributed by atoms with Crippen LogP contribution in [0.25, 0.3) is 0 Å². The highest BCUT2D eigenvalue weighted by Gasteiger charge is 2.52. The summed E-state index contributed by atoms with van der Waals surface area (Å²) in [6.07, 6.45) is 1.58. The normalized spacial score (nSPS) is 23.4. The van der Waals surface area contributed by atoms with Crippen molar-refractivity contribution in [3.8, 4) is 28.7 Å². The first-order valence-corrected chi connectivity index (χ1v) is 15.0. The van der Waals surface area contributed by atoms with Gasteiger partial charge in [0.15, 0.2) is 28.8 Å². The van der Waals surface area contributed by atoms with E-state index in [0.717, 1.165) is 27.3 Å². The summed E-state index contributed by atoms with van der Waals surface area (Å²) in [6, 6.07) is 15.6.